The van der Waals surface area contributed by atoms with Gasteiger partial charge in [0.05, 0.1) is 12.8 Å². The van der Waals surface area contributed by atoms with Crippen molar-refractivity contribution >= 4 is 34.4 Å². The van der Waals surface area contributed by atoms with Crippen LogP contribution in [0.5, 0.6) is 11.5 Å². The lowest BCUT2D eigenvalue weighted by Gasteiger charge is -2.17. The molecule has 0 radical (unpaired) electrons. The standard InChI is InChI=1S/C31H26N2O4/c1-3-10-23-17-21(18-27-30(34)32-33(31(27)35)25-14-5-4-6-15-25)19-28(36-2)29(23)37-20-24-13-9-12-22-11-7-8-16-26(22)24/h3-9,11-19H,1,10,20H2,2H3,(H,32,34). The highest BCUT2D eigenvalue weighted by atomic mass is 16.5. The predicted molar refractivity (Wildman–Crippen MR) is 145 cm³/mol. The highest BCUT2D eigenvalue weighted by molar-refractivity contribution is 6.31. The van der Waals surface area contributed by atoms with Gasteiger partial charge in [-0.25, -0.2) is 5.01 Å². The van der Waals surface area contributed by atoms with Gasteiger partial charge in [-0.05, 0) is 58.7 Å². The van der Waals surface area contributed by atoms with Crippen molar-refractivity contribution in [1.82, 2.24) is 5.43 Å². The number of allylic oxidation sites excluding steroid dienone is 1. The van der Waals surface area contributed by atoms with Gasteiger partial charge in [0.15, 0.2) is 11.5 Å². The summed E-state index contributed by atoms with van der Waals surface area (Å²) in [4.78, 5) is 25.7. The van der Waals surface area contributed by atoms with Crippen molar-refractivity contribution in [2.24, 2.45) is 0 Å². The summed E-state index contributed by atoms with van der Waals surface area (Å²) < 4.78 is 12.0. The molecule has 6 heteroatoms. The number of nitrogens with one attached hydrogen (secondary N) is 1. The van der Waals surface area contributed by atoms with E-state index in [0.717, 1.165) is 21.9 Å². The molecule has 37 heavy (non-hydrogen) atoms. The first-order valence-electron chi connectivity index (χ1n) is 11.9. The molecule has 0 unspecified atom stereocenters. The molecular formula is C31H26N2O4. The van der Waals surface area contributed by atoms with Crippen molar-refractivity contribution in [3.63, 3.8) is 0 Å². The molecule has 2 amide bonds. The second kappa shape index (κ2) is 10.4. The first-order chi connectivity index (χ1) is 18.1. The third-order valence-electron chi connectivity index (χ3n) is 6.21. The van der Waals surface area contributed by atoms with Gasteiger partial charge in [-0.1, -0.05) is 66.7 Å². The van der Waals surface area contributed by atoms with Crippen molar-refractivity contribution in [3.05, 3.63) is 120 Å². The molecule has 0 aromatic heterocycles. The largest absolute Gasteiger partial charge is 0.493 e. The molecule has 4 aromatic carbocycles. The Morgan fingerprint density at radius 2 is 1.68 bits per heavy atom. The van der Waals surface area contributed by atoms with Gasteiger partial charge >= 0.3 is 0 Å². The first kappa shape index (κ1) is 23.9. The molecule has 4 aromatic rings. The van der Waals surface area contributed by atoms with Gasteiger partial charge in [-0.15, -0.1) is 6.58 Å². The molecule has 0 spiro atoms. The second-order valence-electron chi connectivity index (χ2n) is 8.61. The molecule has 1 heterocycles. The van der Waals surface area contributed by atoms with E-state index in [1.807, 2.05) is 36.4 Å². The molecule has 1 saturated heterocycles. The highest BCUT2D eigenvalue weighted by Crippen LogP contribution is 2.36. The van der Waals surface area contributed by atoms with Gasteiger partial charge in [0.1, 0.15) is 12.2 Å². The number of carbonyl (C=O) groups is 2. The minimum Gasteiger partial charge on any atom is -0.493 e. The number of benzene rings is 4. The normalized spacial score (nSPS) is 14.2. The number of rotatable bonds is 8. The highest BCUT2D eigenvalue weighted by Gasteiger charge is 2.34. The minimum absolute atomic E-state index is 0.0416. The fourth-order valence-corrected chi connectivity index (χ4v) is 4.44. The zero-order valence-corrected chi connectivity index (χ0v) is 20.4. The van der Waals surface area contributed by atoms with Crippen LogP contribution in [0.2, 0.25) is 0 Å². The number of anilines is 1. The van der Waals surface area contributed by atoms with E-state index in [1.54, 1.807) is 49.6 Å². The van der Waals surface area contributed by atoms with Crippen LogP contribution >= 0.6 is 0 Å². The minimum atomic E-state index is -0.464. The Morgan fingerprint density at radius 1 is 0.919 bits per heavy atom. The average molecular weight is 491 g/mol. The lowest BCUT2D eigenvalue weighted by Crippen LogP contribution is -2.35. The number of fused-ring (bicyclic) bond motifs is 1. The van der Waals surface area contributed by atoms with Gasteiger partial charge in [0.2, 0.25) is 0 Å². The summed E-state index contributed by atoms with van der Waals surface area (Å²) >= 11 is 0. The predicted octanol–water partition coefficient (Wildman–Crippen LogP) is 5.62. The van der Waals surface area contributed by atoms with Crippen LogP contribution < -0.4 is 19.9 Å². The fraction of sp³-hybridized carbons (Fsp3) is 0.0968. The van der Waals surface area contributed by atoms with Crippen molar-refractivity contribution in [2.75, 3.05) is 12.1 Å². The number of hydrazine groups is 1. The van der Waals surface area contributed by atoms with E-state index in [2.05, 4.69) is 30.2 Å². The summed E-state index contributed by atoms with van der Waals surface area (Å²) in [5.74, 6) is 0.230. The van der Waals surface area contributed by atoms with E-state index in [-0.39, 0.29) is 5.57 Å². The molecule has 5 rings (SSSR count). The number of para-hydroxylation sites is 1. The Hall–Kier alpha value is -4.84. The molecule has 0 aliphatic carbocycles. The summed E-state index contributed by atoms with van der Waals surface area (Å²) in [6, 6.07) is 26.9. The van der Waals surface area contributed by atoms with E-state index in [9.17, 15) is 9.59 Å². The van der Waals surface area contributed by atoms with Crippen molar-refractivity contribution in [2.45, 2.75) is 13.0 Å². The van der Waals surface area contributed by atoms with Crippen LogP contribution in [-0.4, -0.2) is 18.9 Å². The van der Waals surface area contributed by atoms with E-state index in [0.29, 0.717) is 35.8 Å². The molecule has 1 aliphatic heterocycles. The second-order valence-corrected chi connectivity index (χ2v) is 8.61. The smallest absolute Gasteiger partial charge is 0.282 e. The maximum Gasteiger partial charge on any atom is 0.282 e. The van der Waals surface area contributed by atoms with E-state index in [4.69, 9.17) is 9.47 Å². The van der Waals surface area contributed by atoms with Crippen molar-refractivity contribution in [3.8, 4) is 11.5 Å². The summed E-state index contributed by atoms with van der Waals surface area (Å²) in [6.07, 6.45) is 3.87. The summed E-state index contributed by atoms with van der Waals surface area (Å²) in [5.41, 5.74) is 5.81. The van der Waals surface area contributed by atoms with Gasteiger partial charge in [-0.3, -0.25) is 15.0 Å². The summed E-state index contributed by atoms with van der Waals surface area (Å²) in [7, 11) is 1.57. The quantitative estimate of drug-likeness (QED) is 0.198. The average Bonchev–Trinajstić information content (AvgIpc) is 3.21. The zero-order valence-electron chi connectivity index (χ0n) is 20.4. The first-order valence-corrected chi connectivity index (χ1v) is 11.9. The number of hydrogen-bond donors (Lipinski definition) is 1. The van der Waals surface area contributed by atoms with Crippen LogP contribution in [-0.2, 0) is 22.6 Å². The maximum absolute atomic E-state index is 13.0. The molecule has 1 N–H and O–H groups in total. The van der Waals surface area contributed by atoms with Crippen LogP contribution in [0.15, 0.2) is 103 Å². The topological polar surface area (TPSA) is 67.9 Å². The summed E-state index contributed by atoms with van der Waals surface area (Å²) in [5, 5.41) is 3.52. The van der Waals surface area contributed by atoms with Gasteiger partial charge in [-0.2, -0.15) is 0 Å². The van der Waals surface area contributed by atoms with E-state index >= 15 is 0 Å². The van der Waals surface area contributed by atoms with Gasteiger partial charge in [0, 0.05) is 5.56 Å². The SMILES string of the molecule is C=CCc1cc(C=C2C(=O)NN(c3ccccc3)C2=O)cc(OC)c1OCc1cccc2ccccc12. The van der Waals surface area contributed by atoms with Crippen LogP contribution in [0.3, 0.4) is 0 Å². The number of ether oxygens (including phenoxy) is 2. The maximum atomic E-state index is 13.0. The zero-order chi connectivity index (χ0) is 25.8. The monoisotopic (exact) mass is 490 g/mol. The summed E-state index contributed by atoms with van der Waals surface area (Å²) in [6.45, 7) is 4.23. The van der Waals surface area contributed by atoms with Gasteiger partial charge in [0.25, 0.3) is 11.8 Å². The van der Waals surface area contributed by atoms with Crippen LogP contribution in [0.25, 0.3) is 16.8 Å². The number of nitrogens with zero attached hydrogens (tertiary/aromatic N) is 1. The van der Waals surface area contributed by atoms with Crippen molar-refractivity contribution < 1.29 is 19.1 Å². The van der Waals surface area contributed by atoms with E-state index in [1.165, 1.54) is 5.01 Å². The van der Waals surface area contributed by atoms with E-state index < -0.39 is 11.8 Å². The number of amides is 2. The number of carbonyl (C=O) groups excluding carboxylic acids is 2. The van der Waals surface area contributed by atoms with Crippen LogP contribution in [0.4, 0.5) is 5.69 Å². The Morgan fingerprint density at radius 3 is 2.46 bits per heavy atom. The third-order valence-corrected chi connectivity index (χ3v) is 6.21. The van der Waals surface area contributed by atoms with Crippen LogP contribution in [0, 0.1) is 0 Å². The Bertz CT molecular complexity index is 1520. The Labute approximate surface area is 215 Å². The Kier molecular flexibility index (Phi) is 6.72. The Balaban J connectivity index is 1.47. The molecule has 6 nitrogen and oxygen atoms in total. The number of methoxy groups -OCH3 is 1. The lowest BCUT2D eigenvalue weighted by molar-refractivity contribution is -0.117. The number of hydrogen-bond acceptors (Lipinski definition) is 4. The van der Waals surface area contributed by atoms with Crippen molar-refractivity contribution in [1.29, 1.82) is 0 Å². The molecule has 0 atom stereocenters. The third kappa shape index (κ3) is 4.82. The molecule has 0 saturated carbocycles. The lowest BCUT2D eigenvalue weighted by atomic mass is 10.0. The molecule has 1 fully saturated rings. The van der Waals surface area contributed by atoms with Crippen LogP contribution in [0.1, 0.15) is 16.7 Å². The fourth-order valence-electron chi connectivity index (χ4n) is 4.44. The molecule has 0 bridgehead atoms. The van der Waals surface area contributed by atoms with Gasteiger partial charge < -0.3 is 9.47 Å². The molecular weight excluding hydrogens is 464 g/mol. The molecule has 1 aliphatic rings. The molecule has 184 valence electrons.